The minimum Gasteiger partial charge on any atom is -0.496 e. The van der Waals surface area contributed by atoms with Crippen LogP contribution in [0.2, 0.25) is 0 Å². The molecule has 1 aromatic heterocycles. The Kier molecular flexibility index (Phi) is 3.14. The number of halogens is 3. The zero-order valence-corrected chi connectivity index (χ0v) is 7.80. The molecule has 0 aliphatic rings. The molecule has 1 aromatic rings. The van der Waals surface area contributed by atoms with E-state index in [-0.39, 0.29) is 17.7 Å². The van der Waals surface area contributed by atoms with E-state index in [0.29, 0.717) is 0 Å². The molecular weight excluding hydrogens is 209 g/mol. The Morgan fingerprint density at radius 1 is 1.53 bits per heavy atom. The molecule has 0 saturated carbocycles. The van der Waals surface area contributed by atoms with Crippen molar-refractivity contribution < 1.29 is 17.9 Å². The smallest absolute Gasteiger partial charge is 0.433 e. The third kappa shape index (κ3) is 2.37. The van der Waals surface area contributed by atoms with E-state index in [9.17, 15) is 13.2 Å². The summed E-state index contributed by atoms with van der Waals surface area (Å²) in [6.45, 7) is 0. The molecule has 0 bridgehead atoms. The number of hydrogen-bond donors (Lipinski definition) is 0. The standard InChI is InChI=1S/C9H7F3N2O/c1-15-7-3-5-14-8(9(10,11)12)6(7)2-4-13/h3,5H,2H2,1H3. The molecule has 6 heteroatoms. The molecule has 0 unspecified atom stereocenters. The second-order valence-electron chi connectivity index (χ2n) is 2.67. The number of pyridine rings is 1. The minimum atomic E-state index is -4.57. The number of rotatable bonds is 2. The Labute approximate surface area is 84.1 Å². The van der Waals surface area contributed by atoms with E-state index >= 15 is 0 Å². The summed E-state index contributed by atoms with van der Waals surface area (Å²) in [5.74, 6) is 0.0267. The molecule has 80 valence electrons. The summed E-state index contributed by atoms with van der Waals surface area (Å²) >= 11 is 0. The maximum absolute atomic E-state index is 12.5. The Morgan fingerprint density at radius 2 is 2.20 bits per heavy atom. The van der Waals surface area contributed by atoms with Crippen molar-refractivity contribution in [1.82, 2.24) is 4.98 Å². The van der Waals surface area contributed by atoms with Crippen LogP contribution in [0.25, 0.3) is 0 Å². The highest BCUT2D eigenvalue weighted by atomic mass is 19.4. The zero-order chi connectivity index (χ0) is 11.5. The van der Waals surface area contributed by atoms with Crippen molar-refractivity contribution in [3.8, 4) is 11.8 Å². The molecule has 0 aliphatic carbocycles. The molecule has 0 radical (unpaired) electrons. The van der Waals surface area contributed by atoms with Crippen molar-refractivity contribution in [1.29, 1.82) is 5.26 Å². The average molecular weight is 216 g/mol. The number of aromatic nitrogens is 1. The fourth-order valence-electron chi connectivity index (χ4n) is 1.16. The third-order valence-corrected chi connectivity index (χ3v) is 1.76. The number of nitriles is 1. The van der Waals surface area contributed by atoms with Crippen LogP contribution in [-0.4, -0.2) is 12.1 Å². The van der Waals surface area contributed by atoms with E-state index in [2.05, 4.69) is 4.98 Å². The molecule has 3 nitrogen and oxygen atoms in total. The molecule has 0 fully saturated rings. The Bertz CT molecular complexity index is 395. The predicted octanol–water partition coefficient (Wildman–Crippen LogP) is 2.18. The summed E-state index contributed by atoms with van der Waals surface area (Å²) in [6.07, 6.45) is -3.95. The Morgan fingerprint density at radius 3 is 2.67 bits per heavy atom. The molecule has 0 spiro atoms. The van der Waals surface area contributed by atoms with Gasteiger partial charge in [0.15, 0.2) is 5.69 Å². The number of ether oxygens (including phenoxy) is 1. The lowest BCUT2D eigenvalue weighted by atomic mass is 10.1. The summed E-state index contributed by atoms with van der Waals surface area (Å²) in [4.78, 5) is 3.22. The number of hydrogen-bond acceptors (Lipinski definition) is 3. The third-order valence-electron chi connectivity index (χ3n) is 1.76. The average Bonchev–Trinajstić information content (AvgIpc) is 2.17. The fourth-order valence-corrected chi connectivity index (χ4v) is 1.16. The van der Waals surface area contributed by atoms with Gasteiger partial charge in [-0.15, -0.1) is 0 Å². The minimum absolute atomic E-state index is 0.0267. The molecular formula is C9H7F3N2O. The first-order valence-electron chi connectivity index (χ1n) is 3.96. The predicted molar refractivity (Wildman–Crippen MR) is 45.1 cm³/mol. The van der Waals surface area contributed by atoms with Crippen LogP contribution < -0.4 is 4.74 Å². The Hall–Kier alpha value is -1.77. The summed E-state index contributed by atoms with van der Waals surface area (Å²) in [5, 5.41) is 8.43. The zero-order valence-electron chi connectivity index (χ0n) is 7.80. The largest absolute Gasteiger partial charge is 0.496 e. The van der Waals surface area contributed by atoms with E-state index in [1.54, 1.807) is 6.07 Å². The van der Waals surface area contributed by atoms with Crippen molar-refractivity contribution in [3.63, 3.8) is 0 Å². The second kappa shape index (κ2) is 4.17. The highest BCUT2D eigenvalue weighted by molar-refractivity contribution is 5.39. The highest BCUT2D eigenvalue weighted by Crippen LogP contribution is 2.34. The van der Waals surface area contributed by atoms with Gasteiger partial charge in [-0.25, -0.2) is 0 Å². The van der Waals surface area contributed by atoms with Gasteiger partial charge in [-0.05, 0) is 6.07 Å². The van der Waals surface area contributed by atoms with Crippen LogP contribution in [0.15, 0.2) is 12.3 Å². The quantitative estimate of drug-likeness (QED) is 0.761. The molecule has 1 heterocycles. The van der Waals surface area contributed by atoms with Crippen molar-refractivity contribution in [2.45, 2.75) is 12.6 Å². The van der Waals surface area contributed by atoms with Crippen molar-refractivity contribution >= 4 is 0 Å². The SMILES string of the molecule is COc1ccnc(C(F)(F)F)c1CC#N. The van der Waals surface area contributed by atoms with Crippen LogP contribution in [0.4, 0.5) is 13.2 Å². The lowest BCUT2D eigenvalue weighted by molar-refractivity contribution is -0.141. The van der Waals surface area contributed by atoms with Crippen molar-refractivity contribution in [3.05, 3.63) is 23.5 Å². The molecule has 0 aliphatic heterocycles. The Balaban J connectivity index is 3.33. The molecule has 1 rings (SSSR count). The highest BCUT2D eigenvalue weighted by Gasteiger charge is 2.36. The van der Waals surface area contributed by atoms with Crippen LogP contribution in [-0.2, 0) is 12.6 Å². The number of nitrogens with zero attached hydrogens (tertiary/aromatic N) is 2. The summed E-state index contributed by atoms with van der Waals surface area (Å²) in [6, 6.07) is 2.94. The van der Waals surface area contributed by atoms with Gasteiger partial charge >= 0.3 is 6.18 Å². The number of alkyl halides is 3. The van der Waals surface area contributed by atoms with Gasteiger partial charge in [-0.1, -0.05) is 0 Å². The molecule has 15 heavy (non-hydrogen) atoms. The fraction of sp³-hybridized carbons (Fsp3) is 0.333. The van der Waals surface area contributed by atoms with Gasteiger partial charge in [-0.3, -0.25) is 4.98 Å². The molecule has 0 amide bonds. The van der Waals surface area contributed by atoms with Crippen LogP contribution in [0.1, 0.15) is 11.3 Å². The molecule has 0 atom stereocenters. The second-order valence-corrected chi connectivity index (χ2v) is 2.67. The number of methoxy groups -OCH3 is 1. The van der Waals surface area contributed by atoms with E-state index in [0.717, 1.165) is 6.20 Å². The monoisotopic (exact) mass is 216 g/mol. The van der Waals surface area contributed by atoms with Gasteiger partial charge < -0.3 is 4.74 Å². The first kappa shape index (κ1) is 11.3. The van der Waals surface area contributed by atoms with Crippen LogP contribution >= 0.6 is 0 Å². The topological polar surface area (TPSA) is 45.9 Å². The summed E-state index contributed by atoms with van der Waals surface area (Å²) in [5.41, 5.74) is -1.29. The first-order chi connectivity index (χ1) is 7.00. The van der Waals surface area contributed by atoms with Crippen LogP contribution in [0, 0.1) is 11.3 Å². The van der Waals surface area contributed by atoms with Gasteiger partial charge in [-0.2, -0.15) is 18.4 Å². The van der Waals surface area contributed by atoms with Gasteiger partial charge in [0.1, 0.15) is 5.75 Å². The maximum atomic E-state index is 12.5. The van der Waals surface area contributed by atoms with Crippen LogP contribution in [0.3, 0.4) is 0 Å². The van der Waals surface area contributed by atoms with E-state index in [4.69, 9.17) is 10.00 Å². The van der Waals surface area contributed by atoms with Gasteiger partial charge in [0.2, 0.25) is 0 Å². The molecule has 0 aromatic carbocycles. The summed E-state index contributed by atoms with van der Waals surface area (Å²) < 4.78 is 42.1. The maximum Gasteiger partial charge on any atom is 0.433 e. The van der Waals surface area contributed by atoms with Gasteiger partial charge in [0.05, 0.1) is 19.6 Å². The van der Waals surface area contributed by atoms with E-state index < -0.39 is 11.9 Å². The lowest BCUT2D eigenvalue weighted by Crippen LogP contribution is -2.12. The summed E-state index contributed by atoms with van der Waals surface area (Å²) in [7, 11) is 1.25. The lowest BCUT2D eigenvalue weighted by Gasteiger charge is -2.12. The molecule has 0 N–H and O–H groups in total. The first-order valence-corrected chi connectivity index (χ1v) is 3.96. The van der Waals surface area contributed by atoms with E-state index in [1.807, 2.05) is 0 Å². The van der Waals surface area contributed by atoms with Gasteiger partial charge in [0.25, 0.3) is 0 Å². The van der Waals surface area contributed by atoms with Gasteiger partial charge in [0, 0.05) is 11.8 Å². The van der Waals surface area contributed by atoms with E-state index in [1.165, 1.54) is 13.2 Å². The normalized spacial score (nSPS) is 10.9. The van der Waals surface area contributed by atoms with Crippen molar-refractivity contribution in [2.75, 3.05) is 7.11 Å². The molecule has 0 saturated heterocycles. The van der Waals surface area contributed by atoms with Crippen molar-refractivity contribution in [2.24, 2.45) is 0 Å². The van der Waals surface area contributed by atoms with Crippen LogP contribution in [0.5, 0.6) is 5.75 Å².